The number of ether oxygens (including phenoxy) is 3. The molecular weight excluding hydrogens is 702 g/mol. The van der Waals surface area contributed by atoms with Crippen molar-refractivity contribution in [2.24, 2.45) is 17.8 Å². The monoisotopic (exact) mass is 761 g/mol. The minimum Gasteiger partial charge on any atom is -0.459 e. The summed E-state index contributed by atoms with van der Waals surface area (Å²) in [5, 5.41) is 65.5. The number of carbonyl (C=O) groups excluding carboxylic acids is 1. The lowest BCUT2D eigenvalue weighted by Gasteiger charge is -2.49. The maximum Gasteiger partial charge on any atom is 0.312 e. The number of hydrogen-bond acceptors (Lipinski definition) is 14. The second-order valence-corrected chi connectivity index (χ2v) is 16.0. The molecule has 0 aromatic carbocycles. The van der Waals surface area contributed by atoms with Gasteiger partial charge in [-0.3, -0.25) is 4.79 Å². The van der Waals surface area contributed by atoms with Crippen molar-refractivity contribution >= 4 is 27.8 Å². The minimum absolute atomic E-state index is 0.166. The highest BCUT2D eigenvalue weighted by molar-refractivity contribution is 9.10. The molecule has 0 amide bonds. The third kappa shape index (κ3) is 9.87. The molecule has 282 valence electrons. The molecule has 2 aliphatic heterocycles. The maximum absolute atomic E-state index is 14.0. The third-order valence-corrected chi connectivity index (χ3v) is 11.0. The van der Waals surface area contributed by atoms with E-state index in [0.29, 0.717) is 17.4 Å². The van der Waals surface area contributed by atoms with Gasteiger partial charge in [-0.05, 0) is 96.4 Å². The third-order valence-electron chi connectivity index (χ3n) is 10.6. The van der Waals surface area contributed by atoms with Gasteiger partial charge in [0.1, 0.15) is 29.5 Å². The molecule has 0 saturated carbocycles. The molecule has 0 aliphatic carbocycles. The van der Waals surface area contributed by atoms with E-state index in [9.17, 15) is 30.3 Å². The average Bonchev–Trinajstić information content (AvgIpc) is 3.03. The molecule has 49 heavy (non-hydrogen) atoms. The standard InChI is InChI=1S/C34H60BrN5O9/c1-11-25-33(8,45)27(42)22(6)36-14-18(2)13-32(7,44)28(49-30-26(41)24(40(9)10)12-19(3)47-30)20(4)34(46,21(5)29(43)48-25)17-39-31-37-15-23(35)16-38-31/h15-16,18-22,24-28,30,36,41-42,44-46H,11-14,17H2,1-10H3,(H,37,38,39)/t18-,19-,20-,21+,22-,24+,25-,26-,27-,28-,30+,32-,33-,34-/m1/s1. The van der Waals surface area contributed by atoms with Crippen molar-refractivity contribution in [3.05, 3.63) is 16.9 Å². The number of likely N-dealkylation sites (N-methyl/N-ethyl adjacent to an activating group) is 1. The summed E-state index contributed by atoms with van der Waals surface area (Å²) < 4.78 is 19.2. The Hall–Kier alpha value is -1.53. The average molecular weight is 763 g/mol. The van der Waals surface area contributed by atoms with Crippen LogP contribution in [0.25, 0.3) is 0 Å². The number of nitrogens with one attached hydrogen (secondary N) is 2. The van der Waals surface area contributed by atoms with Gasteiger partial charge in [-0.2, -0.15) is 0 Å². The number of halogens is 1. The molecule has 3 heterocycles. The van der Waals surface area contributed by atoms with Gasteiger partial charge in [-0.25, -0.2) is 9.97 Å². The van der Waals surface area contributed by atoms with Crippen LogP contribution in [0, 0.1) is 17.8 Å². The Morgan fingerprint density at radius 2 is 1.71 bits per heavy atom. The lowest BCUT2D eigenvalue weighted by molar-refractivity contribution is -0.303. The molecule has 14 atom stereocenters. The Bertz CT molecular complexity index is 1210. The molecule has 15 heteroatoms. The summed E-state index contributed by atoms with van der Waals surface area (Å²) in [5.41, 5.74) is -5.46. The molecule has 14 nitrogen and oxygen atoms in total. The predicted octanol–water partition coefficient (Wildman–Crippen LogP) is 1.67. The SMILES string of the molecule is CC[C@H]1OC(=O)[C@H](C)[C@@](O)(CNc2ncc(Br)cn2)[C@H](C)[C@@H](O[C@@H]2O[C@H](C)C[C@H](N(C)C)[C@H]2O)[C@](C)(O)C[C@@H](C)CN[C@H](C)[C@@H](O)[C@]1(C)O. The summed E-state index contributed by atoms with van der Waals surface area (Å²) in [6.07, 6.45) is -2.15. The topological polar surface area (TPSA) is 199 Å². The van der Waals surface area contributed by atoms with Gasteiger partial charge in [0, 0.05) is 36.9 Å². The summed E-state index contributed by atoms with van der Waals surface area (Å²) >= 11 is 3.32. The molecule has 0 bridgehead atoms. The smallest absolute Gasteiger partial charge is 0.312 e. The van der Waals surface area contributed by atoms with E-state index in [1.54, 1.807) is 27.7 Å². The molecule has 1 aromatic rings. The van der Waals surface area contributed by atoms with Crippen LogP contribution in [0.15, 0.2) is 16.9 Å². The van der Waals surface area contributed by atoms with E-state index in [0.717, 1.165) is 0 Å². The molecule has 0 radical (unpaired) electrons. The van der Waals surface area contributed by atoms with Gasteiger partial charge in [-0.15, -0.1) is 0 Å². The number of hydrogen-bond donors (Lipinski definition) is 7. The van der Waals surface area contributed by atoms with Crippen LogP contribution < -0.4 is 10.6 Å². The highest BCUT2D eigenvalue weighted by Gasteiger charge is 2.55. The minimum atomic E-state index is -1.99. The second kappa shape index (κ2) is 16.9. The van der Waals surface area contributed by atoms with Crippen LogP contribution >= 0.6 is 15.9 Å². The first-order valence-corrected chi connectivity index (χ1v) is 18.1. The van der Waals surface area contributed by atoms with Gasteiger partial charge in [0.25, 0.3) is 0 Å². The molecule has 2 aliphatic rings. The highest BCUT2D eigenvalue weighted by atomic mass is 79.9. The summed E-state index contributed by atoms with van der Waals surface area (Å²) in [7, 11) is 3.72. The number of nitrogens with zero attached hydrogens (tertiary/aromatic N) is 3. The van der Waals surface area contributed by atoms with E-state index < -0.39 is 71.4 Å². The van der Waals surface area contributed by atoms with Crippen molar-refractivity contribution in [1.82, 2.24) is 20.2 Å². The number of anilines is 1. The largest absolute Gasteiger partial charge is 0.459 e. The summed E-state index contributed by atoms with van der Waals surface area (Å²) in [6.45, 7) is 13.6. The van der Waals surface area contributed by atoms with E-state index in [2.05, 4.69) is 36.5 Å². The van der Waals surface area contributed by atoms with Crippen LogP contribution in [-0.4, -0.2) is 139 Å². The molecule has 2 saturated heterocycles. The molecule has 0 spiro atoms. The number of aromatic nitrogens is 2. The Morgan fingerprint density at radius 1 is 1.10 bits per heavy atom. The van der Waals surface area contributed by atoms with Crippen LogP contribution in [0.1, 0.15) is 74.7 Å². The van der Waals surface area contributed by atoms with Gasteiger partial charge in [0.2, 0.25) is 5.95 Å². The van der Waals surface area contributed by atoms with Crippen LogP contribution in [0.3, 0.4) is 0 Å². The highest BCUT2D eigenvalue weighted by Crippen LogP contribution is 2.40. The van der Waals surface area contributed by atoms with E-state index in [1.807, 2.05) is 32.8 Å². The summed E-state index contributed by atoms with van der Waals surface area (Å²) in [5.74, 6) is -3.11. The lowest BCUT2D eigenvalue weighted by Crippen LogP contribution is -2.63. The molecule has 0 unspecified atom stereocenters. The van der Waals surface area contributed by atoms with Gasteiger partial charge >= 0.3 is 5.97 Å². The fourth-order valence-electron chi connectivity index (χ4n) is 7.35. The van der Waals surface area contributed by atoms with Crippen LogP contribution in [-0.2, 0) is 19.0 Å². The first-order valence-electron chi connectivity index (χ1n) is 17.3. The van der Waals surface area contributed by atoms with Crippen molar-refractivity contribution < 1.29 is 44.5 Å². The Morgan fingerprint density at radius 3 is 2.29 bits per heavy atom. The molecular formula is C34H60BrN5O9. The first-order chi connectivity index (χ1) is 22.6. The maximum atomic E-state index is 14.0. The van der Waals surface area contributed by atoms with E-state index in [4.69, 9.17) is 14.2 Å². The number of aliphatic hydroxyl groups is 5. The van der Waals surface area contributed by atoms with Gasteiger partial charge < -0.3 is 55.3 Å². The number of carbonyl (C=O) groups is 1. The van der Waals surface area contributed by atoms with E-state index in [1.165, 1.54) is 26.2 Å². The number of cyclic esters (lactones) is 1. The Labute approximate surface area is 299 Å². The predicted molar refractivity (Wildman–Crippen MR) is 187 cm³/mol. The normalized spacial score (nSPS) is 43.4. The molecule has 3 rings (SSSR count). The first kappa shape index (κ1) is 41.9. The zero-order chi connectivity index (χ0) is 37.1. The molecule has 7 N–H and O–H groups in total. The molecule has 2 fully saturated rings. The Kier molecular flexibility index (Phi) is 14.4. The fourth-order valence-corrected chi connectivity index (χ4v) is 7.55. The van der Waals surface area contributed by atoms with Crippen molar-refractivity contribution in [2.75, 3.05) is 32.5 Å². The second-order valence-electron chi connectivity index (χ2n) is 15.1. The van der Waals surface area contributed by atoms with Crippen LogP contribution in [0.2, 0.25) is 0 Å². The van der Waals surface area contributed by atoms with E-state index in [-0.39, 0.29) is 43.4 Å². The quantitative estimate of drug-likeness (QED) is 0.198. The summed E-state index contributed by atoms with van der Waals surface area (Å²) in [4.78, 5) is 24.4. The lowest BCUT2D eigenvalue weighted by atomic mass is 9.70. The van der Waals surface area contributed by atoms with Crippen LogP contribution in [0.4, 0.5) is 5.95 Å². The van der Waals surface area contributed by atoms with E-state index >= 15 is 0 Å². The zero-order valence-corrected chi connectivity index (χ0v) is 32.2. The number of aliphatic hydroxyl groups excluding tert-OH is 2. The number of esters is 1. The van der Waals surface area contributed by atoms with Crippen molar-refractivity contribution in [1.29, 1.82) is 0 Å². The fraction of sp³-hybridized carbons (Fsp3) is 0.853. The van der Waals surface area contributed by atoms with Gasteiger partial charge in [0.05, 0.1) is 28.2 Å². The zero-order valence-electron chi connectivity index (χ0n) is 30.6. The van der Waals surface area contributed by atoms with Crippen molar-refractivity contribution in [2.45, 2.75) is 140 Å². The Balaban J connectivity index is 2.16. The van der Waals surface area contributed by atoms with Gasteiger partial charge in [-0.1, -0.05) is 20.8 Å². The molecule has 1 aromatic heterocycles. The van der Waals surface area contributed by atoms with Crippen LogP contribution in [0.5, 0.6) is 0 Å². The van der Waals surface area contributed by atoms with Crippen molar-refractivity contribution in [3.8, 4) is 0 Å². The van der Waals surface area contributed by atoms with Gasteiger partial charge in [0.15, 0.2) is 6.29 Å². The number of rotatable bonds is 7. The van der Waals surface area contributed by atoms with Crippen molar-refractivity contribution in [3.63, 3.8) is 0 Å². The summed E-state index contributed by atoms with van der Waals surface area (Å²) in [6, 6.07) is -0.902.